The molecule has 29 heavy (non-hydrogen) atoms. The first-order chi connectivity index (χ1) is 13.8. The number of anilines is 2. The quantitative estimate of drug-likeness (QED) is 0.610. The Labute approximate surface area is 172 Å². The second kappa shape index (κ2) is 9.12. The van der Waals surface area contributed by atoms with E-state index in [0.29, 0.717) is 19.4 Å². The summed E-state index contributed by atoms with van der Waals surface area (Å²) in [5.41, 5.74) is 2.86. The van der Waals surface area contributed by atoms with E-state index in [2.05, 4.69) is 43.5 Å². The minimum atomic E-state index is -0.0496. The molecule has 1 aliphatic carbocycles. The lowest BCUT2D eigenvalue weighted by Crippen LogP contribution is -2.14. The van der Waals surface area contributed by atoms with Crippen molar-refractivity contribution < 1.29 is 14.3 Å². The first kappa shape index (κ1) is 20.9. The van der Waals surface area contributed by atoms with Gasteiger partial charge in [-0.3, -0.25) is 9.59 Å². The Morgan fingerprint density at radius 1 is 0.931 bits per heavy atom. The molecule has 0 unspecified atom stereocenters. The zero-order chi connectivity index (χ0) is 20.9. The fraction of sp³-hybridized carbons (Fsp3) is 0.417. The topological polar surface area (TPSA) is 67.4 Å². The Morgan fingerprint density at radius 2 is 1.52 bits per heavy atom. The number of hydrogen-bond acceptors (Lipinski definition) is 3. The van der Waals surface area contributed by atoms with Gasteiger partial charge in [-0.2, -0.15) is 0 Å². The molecule has 0 spiro atoms. The largest absolute Gasteiger partial charge is 0.494 e. The molecule has 2 amide bonds. The van der Waals surface area contributed by atoms with E-state index in [0.717, 1.165) is 30.0 Å². The van der Waals surface area contributed by atoms with Crippen LogP contribution in [0.3, 0.4) is 0 Å². The molecule has 1 aliphatic rings. The number of ether oxygens (including phenoxy) is 1. The number of benzene rings is 2. The highest BCUT2D eigenvalue weighted by Crippen LogP contribution is 2.30. The highest BCUT2D eigenvalue weighted by Gasteiger charge is 2.29. The molecule has 154 valence electrons. The Morgan fingerprint density at radius 3 is 2.07 bits per heavy atom. The molecule has 2 N–H and O–H groups in total. The van der Waals surface area contributed by atoms with E-state index in [1.807, 2.05) is 12.1 Å². The smallest absolute Gasteiger partial charge is 0.227 e. The lowest BCUT2D eigenvalue weighted by atomic mass is 9.87. The molecular formula is C24H30N2O3. The van der Waals surface area contributed by atoms with Crippen molar-refractivity contribution in [2.75, 3.05) is 17.2 Å². The van der Waals surface area contributed by atoms with E-state index in [-0.39, 0.29) is 23.1 Å². The van der Waals surface area contributed by atoms with Crippen molar-refractivity contribution in [2.45, 2.75) is 51.9 Å². The highest BCUT2D eigenvalue weighted by molar-refractivity contribution is 5.95. The Hall–Kier alpha value is -2.82. The van der Waals surface area contributed by atoms with Crippen LogP contribution >= 0.6 is 0 Å². The van der Waals surface area contributed by atoms with Gasteiger partial charge in [0.25, 0.3) is 0 Å². The maximum atomic E-state index is 12.1. The summed E-state index contributed by atoms with van der Waals surface area (Å²) in [7, 11) is 0. The van der Waals surface area contributed by atoms with E-state index in [1.165, 1.54) is 5.56 Å². The van der Waals surface area contributed by atoms with Gasteiger partial charge >= 0.3 is 0 Å². The first-order valence-electron chi connectivity index (χ1n) is 10.3. The first-order valence-corrected chi connectivity index (χ1v) is 10.3. The Kier molecular flexibility index (Phi) is 6.57. The summed E-state index contributed by atoms with van der Waals surface area (Å²) in [5, 5.41) is 5.76. The standard InChI is InChI=1S/C24H30N2O3/c1-24(2,3)18-8-14-21(15-9-18)29-16-4-5-22(27)25-19-10-12-20(13-11-19)26-23(28)17-6-7-17/h8-15,17H,4-7,16H2,1-3H3,(H,25,27)(H,26,28). The number of hydrogen-bond donors (Lipinski definition) is 2. The molecular weight excluding hydrogens is 364 g/mol. The Balaban J connectivity index is 1.36. The van der Waals surface area contributed by atoms with Crippen LogP contribution < -0.4 is 15.4 Å². The van der Waals surface area contributed by atoms with Gasteiger partial charge < -0.3 is 15.4 Å². The molecule has 5 heteroatoms. The zero-order valence-corrected chi connectivity index (χ0v) is 17.5. The van der Waals surface area contributed by atoms with Gasteiger partial charge in [-0.1, -0.05) is 32.9 Å². The van der Waals surface area contributed by atoms with Gasteiger partial charge in [0.05, 0.1) is 6.61 Å². The Bertz CT molecular complexity index is 832. The minimum absolute atomic E-state index is 0.0496. The van der Waals surface area contributed by atoms with Gasteiger partial charge in [-0.25, -0.2) is 0 Å². The van der Waals surface area contributed by atoms with Gasteiger partial charge in [0.2, 0.25) is 11.8 Å². The van der Waals surface area contributed by atoms with Crippen LogP contribution in [0.2, 0.25) is 0 Å². The zero-order valence-electron chi connectivity index (χ0n) is 17.5. The summed E-state index contributed by atoms with van der Waals surface area (Å²) in [6.07, 6.45) is 2.99. The van der Waals surface area contributed by atoms with Gasteiger partial charge in [0.1, 0.15) is 5.75 Å². The van der Waals surface area contributed by atoms with Crippen LogP contribution in [-0.2, 0) is 15.0 Å². The van der Waals surface area contributed by atoms with E-state index >= 15 is 0 Å². The molecule has 0 aromatic heterocycles. The SMILES string of the molecule is CC(C)(C)c1ccc(OCCCC(=O)Nc2ccc(NC(=O)C3CC3)cc2)cc1. The van der Waals surface area contributed by atoms with E-state index in [9.17, 15) is 9.59 Å². The highest BCUT2D eigenvalue weighted by atomic mass is 16.5. The molecule has 1 fully saturated rings. The second-order valence-corrected chi connectivity index (χ2v) is 8.62. The molecule has 0 heterocycles. The van der Waals surface area contributed by atoms with Crippen molar-refractivity contribution in [3.8, 4) is 5.75 Å². The molecule has 0 radical (unpaired) electrons. The third-order valence-electron chi connectivity index (χ3n) is 4.92. The van der Waals surface area contributed by atoms with E-state index in [4.69, 9.17) is 4.74 Å². The predicted molar refractivity (Wildman–Crippen MR) is 116 cm³/mol. The van der Waals surface area contributed by atoms with Crippen LogP contribution in [0.5, 0.6) is 5.75 Å². The third kappa shape index (κ3) is 6.63. The molecule has 0 bridgehead atoms. The monoisotopic (exact) mass is 394 g/mol. The molecule has 0 aliphatic heterocycles. The fourth-order valence-electron chi connectivity index (χ4n) is 2.92. The summed E-state index contributed by atoms with van der Waals surface area (Å²) in [4.78, 5) is 23.9. The van der Waals surface area contributed by atoms with Crippen LogP contribution in [-0.4, -0.2) is 18.4 Å². The molecule has 3 rings (SSSR count). The van der Waals surface area contributed by atoms with Gasteiger partial charge in [-0.05, 0) is 66.6 Å². The average molecular weight is 395 g/mol. The van der Waals surface area contributed by atoms with Crippen molar-refractivity contribution in [1.29, 1.82) is 0 Å². The maximum absolute atomic E-state index is 12.1. The van der Waals surface area contributed by atoms with E-state index < -0.39 is 0 Å². The number of carbonyl (C=O) groups is 2. The third-order valence-corrected chi connectivity index (χ3v) is 4.92. The van der Waals surface area contributed by atoms with Gasteiger partial charge in [0.15, 0.2) is 0 Å². The summed E-state index contributed by atoms with van der Waals surface area (Å²) in [5.74, 6) is 1.02. The lowest BCUT2D eigenvalue weighted by molar-refractivity contribution is -0.117. The number of amides is 2. The number of carbonyl (C=O) groups excluding carboxylic acids is 2. The molecule has 0 saturated heterocycles. The number of rotatable bonds is 8. The van der Waals surface area contributed by atoms with Crippen LogP contribution in [0.25, 0.3) is 0 Å². The molecule has 5 nitrogen and oxygen atoms in total. The van der Waals surface area contributed by atoms with Crippen molar-refractivity contribution in [3.63, 3.8) is 0 Å². The van der Waals surface area contributed by atoms with E-state index in [1.54, 1.807) is 24.3 Å². The van der Waals surface area contributed by atoms with Crippen LogP contribution in [0.4, 0.5) is 11.4 Å². The second-order valence-electron chi connectivity index (χ2n) is 8.62. The normalized spacial score (nSPS) is 13.6. The molecule has 2 aromatic rings. The van der Waals surface area contributed by atoms with Crippen molar-refractivity contribution in [2.24, 2.45) is 5.92 Å². The summed E-state index contributed by atoms with van der Waals surface area (Å²) in [6, 6.07) is 15.3. The van der Waals surface area contributed by atoms with Crippen molar-refractivity contribution >= 4 is 23.2 Å². The summed E-state index contributed by atoms with van der Waals surface area (Å²) in [6.45, 7) is 7.03. The maximum Gasteiger partial charge on any atom is 0.227 e. The summed E-state index contributed by atoms with van der Waals surface area (Å²) < 4.78 is 5.73. The average Bonchev–Trinajstić information content (AvgIpc) is 3.52. The van der Waals surface area contributed by atoms with Crippen molar-refractivity contribution in [3.05, 3.63) is 54.1 Å². The predicted octanol–water partition coefficient (Wildman–Crippen LogP) is 5.13. The molecule has 0 atom stereocenters. The molecule has 2 aromatic carbocycles. The van der Waals surface area contributed by atoms with Crippen LogP contribution in [0, 0.1) is 5.92 Å². The minimum Gasteiger partial charge on any atom is -0.494 e. The van der Waals surface area contributed by atoms with Crippen LogP contribution in [0.1, 0.15) is 52.0 Å². The summed E-state index contributed by atoms with van der Waals surface area (Å²) >= 11 is 0. The lowest BCUT2D eigenvalue weighted by Gasteiger charge is -2.19. The number of nitrogens with one attached hydrogen (secondary N) is 2. The van der Waals surface area contributed by atoms with Crippen molar-refractivity contribution in [1.82, 2.24) is 0 Å². The van der Waals surface area contributed by atoms with Gasteiger partial charge in [0, 0.05) is 23.7 Å². The molecule has 1 saturated carbocycles. The van der Waals surface area contributed by atoms with Gasteiger partial charge in [-0.15, -0.1) is 0 Å². The fourth-order valence-corrected chi connectivity index (χ4v) is 2.92. The van der Waals surface area contributed by atoms with Crippen LogP contribution in [0.15, 0.2) is 48.5 Å².